The average Bonchev–Trinajstić information content (AvgIpc) is 2.47. The molecule has 1 aromatic rings. The van der Waals surface area contributed by atoms with Gasteiger partial charge in [-0.3, -0.25) is 4.79 Å². The zero-order valence-corrected chi connectivity index (χ0v) is 11.6. The van der Waals surface area contributed by atoms with Crippen LogP contribution in [-0.4, -0.2) is 23.9 Å². The number of hydrogen-bond acceptors (Lipinski definition) is 3. The molecule has 0 saturated heterocycles. The molecular weight excluding hydrogens is 269 g/mol. The molecule has 1 amide bonds. The van der Waals surface area contributed by atoms with E-state index >= 15 is 0 Å². The van der Waals surface area contributed by atoms with Crippen LogP contribution >= 0.6 is 0 Å². The van der Waals surface area contributed by atoms with Gasteiger partial charge in [-0.25, -0.2) is 4.39 Å². The Hall–Kier alpha value is -2.87. The smallest absolute Gasteiger partial charge is 0.267 e. The molecule has 0 atom stereocenters. The first kappa shape index (κ1) is 16.2. The second kappa shape index (κ2) is 8.33. The Morgan fingerprint density at radius 2 is 1.86 bits per heavy atom. The first-order chi connectivity index (χ1) is 10.1. The number of nitrogens with one attached hydrogen (secondary N) is 1. The highest BCUT2D eigenvalue weighted by Gasteiger charge is 2.11. The second-order valence-corrected chi connectivity index (χ2v) is 4.15. The van der Waals surface area contributed by atoms with Gasteiger partial charge >= 0.3 is 0 Å². The van der Waals surface area contributed by atoms with Crippen LogP contribution in [0.15, 0.2) is 61.3 Å². The highest BCUT2D eigenvalue weighted by molar-refractivity contribution is 6.06. The maximum absolute atomic E-state index is 12.8. The third-order valence-corrected chi connectivity index (χ3v) is 2.51. The summed E-state index contributed by atoms with van der Waals surface area (Å²) in [5.41, 5.74) is 0.365. The summed E-state index contributed by atoms with van der Waals surface area (Å²) in [4.78, 5) is 13.7. The van der Waals surface area contributed by atoms with Crippen molar-refractivity contribution < 1.29 is 9.18 Å². The highest BCUT2D eigenvalue weighted by atomic mass is 19.1. The van der Waals surface area contributed by atoms with Crippen molar-refractivity contribution >= 4 is 11.6 Å². The van der Waals surface area contributed by atoms with E-state index in [1.54, 1.807) is 17.1 Å². The van der Waals surface area contributed by atoms with Crippen molar-refractivity contribution in [2.75, 3.05) is 18.4 Å². The summed E-state index contributed by atoms with van der Waals surface area (Å²) in [7, 11) is 0. The molecule has 21 heavy (non-hydrogen) atoms. The lowest BCUT2D eigenvalue weighted by molar-refractivity contribution is -0.112. The third-order valence-electron chi connectivity index (χ3n) is 2.51. The van der Waals surface area contributed by atoms with Crippen molar-refractivity contribution in [1.29, 1.82) is 5.26 Å². The molecule has 0 bridgehead atoms. The topological polar surface area (TPSA) is 56.1 Å². The quantitative estimate of drug-likeness (QED) is 0.476. The molecule has 108 valence electrons. The summed E-state index contributed by atoms with van der Waals surface area (Å²) in [5.74, 6) is -0.950. The molecule has 0 spiro atoms. The predicted molar refractivity (Wildman–Crippen MR) is 80.7 cm³/mol. The van der Waals surface area contributed by atoms with E-state index in [9.17, 15) is 9.18 Å². The van der Waals surface area contributed by atoms with Gasteiger partial charge in [-0.1, -0.05) is 12.2 Å². The van der Waals surface area contributed by atoms with Crippen LogP contribution in [0.4, 0.5) is 10.1 Å². The number of rotatable bonds is 7. The largest absolute Gasteiger partial charge is 0.369 e. The SMILES string of the molecule is C=CCN(/C=C(/C#N)C(=O)Nc1ccc(F)cc1)CC=C. The standard InChI is InChI=1S/C16H16FN3O/c1-3-9-20(10-4-2)12-13(11-18)16(21)19-15-7-5-14(17)6-8-15/h3-8,12H,1-2,9-10H2,(H,19,21)/b13-12-. The van der Waals surface area contributed by atoms with Gasteiger partial charge in [0, 0.05) is 25.0 Å². The first-order valence-electron chi connectivity index (χ1n) is 6.25. The van der Waals surface area contributed by atoms with Gasteiger partial charge in [0.1, 0.15) is 17.5 Å². The van der Waals surface area contributed by atoms with Crippen LogP contribution in [-0.2, 0) is 4.79 Å². The fourth-order valence-corrected chi connectivity index (χ4v) is 1.56. The lowest BCUT2D eigenvalue weighted by Gasteiger charge is -2.16. The Morgan fingerprint density at radius 1 is 1.29 bits per heavy atom. The van der Waals surface area contributed by atoms with Crippen LogP contribution in [0.5, 0.6) is 0 Å². The van der Waals surface area contributed by atoms with Crippen LogP contribution < -0.4 is 5.32 Å². The summed E-state index contributed by atoms with van der Waals surface area (Å²) in [6.45, 7) is 8.20. The normalized spacial score (nSPS) is 10.4. The molecule has 0 heterocycles. The number of hydrogen-bond donors (Lipinski definition) is 1. The number of nitriles is 1. The molecule has 1 N–H and O–H groups in total. The van der Waals surface area contributed by atoms with Gasteiger partial charge in [-0.2, -0.15) is 5.26 Å². The van der Waals surface area contributed by atoms with Gasteiger partial charge in [-0.15, -0.1) is 13.2 Å². The van der Waals surface area contributed by atoms with Gasteiger partial charge < -0.3 is 10.2 Å². The Bertz CT molecular complexity index is 575. The Morgan fingerprint density at radius 3 is 2.33 bits per heavy atom. The minimum absolute atomic E-state index is 0.0528. The van der Waals surface area contributed by atoms with E-state index in [4.69, 9.17) is 5.26 Å². The maximum Gasteiger partial charge on any atom is 0.267 e. The van der Waals surface area contributed by atoms with Crippen LogP contribution in [0.25, 0.3) is 0 Å². The molecule has 0 aliphatic heterocycles. The zero-order chi connectivity index (χ0) is 15.7. The first-order valence-corrected chi connectivity index (χ1v) is 6.25. The number of carbonyl (C=O) groups is 1. The van der Waals surface area contributed by atoms with E-state index in [2.05, 4.69) is 18.5 Å². The molecule has 0 aliphatic rings. The molecular formula is C16H16FN3O. The molecule has 0 aromatic heterocycles. The monoisotopic (exact) mass is 285 g/mol. The van der Waals surface area contributed by atoms with Gasteiger partial charge in [0.05, 0.1) is 0 Å². The summed E-state index contributed by atoms with van der Waals surface area (Å²) in [5, 5.41) is 11.6. The van der Waals surface area contributed by atoms with Gasteiger partial charge in [0.15, 0.2) is 0 Å². The molecule has 0 aliphatic carbocycles. The summed E-state index contributed by atoms with van der Waals surface area (Å²) in [6, 6.07) is 7.15. The van der Waals surface area contributed by atoms with Crippen molar-refractivity contribution in [3.05, 3.63) is 67.2 Å². The molecule has 1 aromatic carbocycles. The van der Waals surface area contributed by atoms with E-state index < -0.39 is 11.7 Å². The van der Waals surface area contributed by atoms with Gasteiger partial charge in [0.2, 0.25) is 0 Å². The number of carbonyl (C=O) groups excluding carboxylic acids is 1. The number of halogens is 1. The van der Waals surface area contributed by atoms with Gasteiger partial charge in [0.25, 0.3) is 5.91 Å². The van der Waals surface area contributed by atoms with Crippen molar-refractivity contribution in [3.8, 4) is 6.07 Å². The molecule has 0 radical (unpaired) electrons. The predicted octanol–water partition coefficient (Wildman–Crippen LogP) is 2.85. The summed E-state index contributed by atoms with van der Waals surface area (Å²) < 4.78 is 12.8. The minimum atomic E-state index is -0.553. The van der Waals surface area contributed by atoms with E-state index in [0.29, 0.717) is 18.8 Å². The lowest BCUT2D eigenvalue weighted by atomic mass is 10.2. The molecule has 4 nitrogen and oxygen atoms in total. The number of benzene rings is 1. The molecule has 0 saturated carbocycles. The Kier molecular flexibility index (Phi) is 6.42. The average molecular weight is 285 g/mol. The third kappa shape index (κ3) is 5.33. The fraction of sp³-hybridized carbons (Fsp3) is 0.125. The minimum Gasteiger partial charge on any atom is -0.369 e. The Labute approximate surface area is 123 Å². The van der Waals surface area contributed by atoms with Gasteiger partial charge in [-0.05, 0) is 24.3 Å². The lowest BCUT2D eigenvalue weighted by Crippen LogP contribution is -2.21. The highest BCUT2D eigenvalue weighted by Crippen LogP contribution is 2.10. The van der Waals surface area contributed by atoms with Crippen molar-refractivity contribution in [3.63, 3.8) is 0 Å². The number of anilines is 1. The second-order valence-electron chi connectivity index (χ2n) is 4.15. The molecule has 5 heteroatoms. The van der Waals surface area contributed by atoms with Crippen LogP contribution in [0.2, 0.25) is 0 Å². The van der Waals surface area contributed by atoms with Crippen molar-refractivity contribution in [1.82, 2.24) is 4.90 Å². The van der Waals surface area contributed by atoms with E-state index in [-0.39, 0.29) is 5.57 Å². The zero-order valence-electron chi connectivity index (χ0n) is 11.6. The number of nitrogens with zero attached hydrogens (tertiary/aromatic N) is 2. The Balaban J connectivity index is 2.84. The van der Waals surface area contributed by atoms with E-state index in [1.165, 1.54) is 30.5 Å². The molecule has 1 rings (SSSR count). The summed E-state index contributed by atoms with van der Waals surface area (Å²) >= 11 is 0. The van der Waals surface area contributed by atoms with Crippen molar-refractivity contribution in [2.24, 2.45) is 0 Å². The number of amides is 1. The van der Waals surface area contributed by atoms with Crippen LogP contribution in [0.3, 0.4) is 0 Å². The van der Waals surface area contributed by atoms with Crippen LogP contribution in [0.1, 0.15) is 0 Å². The molecule has 0 fully saturated rings. The van der Waals surface area contributed by atoms with Crippen LogP contribution in [0, 0.1) is 17.1 Å². The fourth-order valence-electron chi connectivity index (χ4n) is 1.56. The van der Waals surface area contributed by atoms with E-state index in [1.807, 2.05) is 6.07 Å². The molecule has 0 unspecified atom stereocenters. The van der Waals surface area contributed by atoms with E-state index in [0.717, 1.165) is 0 Å². The maximum atomic E-state index is 12.8. The summed E-state index contributed by atoms with van der Waals surface area (Å²) in [6.07, 6.45) is 4.77. The van der Waals surface area contributed by atoms with Crippen molar-refractivity contribution in [2.45, 2.75) is 0 Å².